The maximum atomic E-state index is 13.1. The third-order valence-corrected chi connectivity index (χ3v) is 5.38. The van der Waals surface area contributed by atoms with E-state index in [0.29, 0.717) is 5.56 Å². The number of nitrogens with zero attached hydrogens (tertiary/aromatic N) is 1. The molecule has 0 saturated carbocycles. The van der Waals surface area contributed by atoms with Crippen molar-refractivity contribution in [3.8, 4) is 11.1 Å². The predicted molar refractivity (Wildman–Crippen MR) is 124 cm³/mol. The van der Waals surface area contributed by atoms with Gasteiger partial charge in [-0.05, 0) is 43.9 Å². The number of amides is 1. The van der Waals surface area contributed by atoms with Crippen LogP contribution in [0.3, 0.4) is 0 Å². The van der Waals surface area contributed by atoms with Crippen molar-refractivity contribution >= 4 is 16.8 Å². The molecule has 0 spiro atoms. The third kappa shape index (κ3) is 4.41. The standard InChI is InChI=1S/C27H26N2O/c1-19(16-17-21-10-5-3-6-11-21)29-27(30)25-18-20(2)28-26-23(14-9-15-24(25)26)22-12-7-4-8-13-22/h3-15,18-19H,16-17H2,1-2H3,(H,29,30). The van der Waals surface area contributed by atoms with Crippen molar-refractivity contribution < 1.29 is 4.79 Å². The Labute approximate surface area is 177 Å². The van der Waals surface area contributed by atoms with E-state index < -0.39 is 0 Å². The molecule has 0 bridgehead atoms. The summed E-state index contributed by atoms with van der Waals surface area (Å²) in [6.45, 7) is 4.00. The van der Waals surface area contributed by atoms with Crippen LogP contribution >= 0.6 is 0 Å². The first-order valence-corrected chi connectivity index (χ1v) is 10.4. The zero-order valence-corrected chi connectivity index (χ0v) is 17.4. The van der Waals surface area contributed by atoms with E-state index in [2.05, 4.69) is 54.7 Å². The average molecular weight is 395 g/mol. The van der Waals surface area contributed by atoms with Crippen LogP contribution in [0.2, 0.25) is 0 Å². The van der Waals surface area contributed by atoms with Gasteiger partial charge in [0.25, 0.3) is 5.91 Å². The Morgan fingerprint density at radius 3 is 2.37 bits per heavy atom. The van der Waals surface area contributed by atoms with Crippen molar-refractivity contribution in [2.75, 3.05) is 0 Å². The summed E-state index contributed by atoms with van der Waals surface area (Å²) >= 11 is 0. The first kappa shape index (κ1) is 19.8. The molecule has 1 heterocycles. The Kier molecular flexibility index (Phi) is 5.89. The van der Waals surface area contributed by atoms with Crippen LogP contribution in [-0.2, 0) is 6.42 Å². The summed E-state index contributed by atoms with van der Waals surface area (Å²) in [6, 6.07) is 28.6. The summed E-state index contributed by atoms with van der Waals surface area (Å²) in [5.41, 5.74) is 5.82. The van der Waals surface area contributed by atoms with Crippen molar-refractivity contribution in [1.82, 2.24) is 10.3 Å². The zero-order chi connectivity index (χ0) is 20.9. The SMILES string of the molecule is Cc1cc(C(=O)NC(C)CCc2ccccc2)c2cccc(-c3ccccc3)c2n1. The Morgan fingerprint density at radius 1 is 0.933 bits per heavy atom. The Bertz CT molecular complexity index is 1150. The fraction of sp³-hybridized carbons (Fsp3) is 0.185. The van der Waals surface area contributed by atoms with Crippen LogP contribution in [0.25, 0.3) is 22.0 Å². The van der Waals surface area contributed by atoms with E-state index in [9.17, 15) is 4.79 Å². The van der Waals surface area contributed by atoms with Crippen molar-refractivity contribution in [3.63, 3.8) is 0 Å². The number of carbonyl (C=O) groups excluding carboxylic acids is 1. The molecular weight excluding hydrogens is 368 g/mol. The molecule has 150 valence electrons. The first-order chi connectivity index (χ1) is 14.6. The van der Waals surface area contributed by atoms with Gasteiger partial charge in [0.2, 0.25) is 0 Å². The van der Waals surface area contributed by atoms with E-state index in [4.69, 9.17) is 4.98 Å². The smallest absolute Gasteiger partial charge is 0.252 e. The molecule has 4 rings (SSSR count). The molecule has 0 radical (unpaired) electrons. The molecule has 3 heteroatoms. The number of hydrogen-bond acceptors (Lipinski definition) is 2. The fourth-order valence-electron chi connectivity index (χ4n) is 3.82. The molecular formula is C27H26N2O. The highest BCUT2D eigenvalue weighted by Gasteiger charge is 2.16. The molecule has 3 nitrogen and oxygen atoms in total. The number of fused-ring (bicyclic) bond motifs is 1. The zero-order valence-electron chi connectivity index (χ0n) is 17.4. The average Bonchev–Trinajstić information content (AvgIpc) is 2.78. The molecule has 1 amide bonds. The van der Waals surface area contributed by atoms with Gasteiger partial charge in [0.1, 0.15) is 0 Å². The number of aryl methyl sites for hydroxylation is 2. The maximum Gasteiger partial charge on any atom is 0.252 e. The lowest BCUT2D eigenvalue weighted by Crippen LogP contribution is -2.33. The van der Waals surface area contributed by atoms with Crippen LogP contribution < -0.4 is 5.32 Å². The van der Waals surface area contributed by atoms with Crippen LogP contribution in [-0.4, -0.2) is 16.9 Å². The molecule has 0 aliphatic rings. The lowest BCUT2D eigenvalue weighted by Gasteiger charge is -2.16. The van der Waals surface area contributed by atoms with Gasteiger partial charge in [0.05, 0.1) is 11.1 Å². The third-order valence-electron chi connectivity index (χ3n) is 5.38. The van der Waals surface area contributed by atoms with Crippen LogP contribution in [0, 0.1) is 6.92 Å². The number of pyridine rings is 1. The molecule has 0 aliphatic heterocycles. The van der Waals surface area contributed by atoms with E-state index in [1.54, 1.807) is 0 Å². The molecule has 1 N–H and O–H groups in total. The van der Waals surface area contributed by atoms with E-state index in [1.807, 2.05) is 49.4 Å². The van der Waals surface area contributed by atoms with Gasteiger partial charge in [-0.3, -0.25) is 9.78 Å². The number of rotatable bonds is 6. The quantitative estimate of drug-likeness (QED) is 0.438. The minimum atomic E-state index is -0.0451. The Hall–Kier alpha value is -3.46. The van der Waals surface area contributed by atoms with E-state index in [1.165, 1.54) is 5.56 Å². The van der Waals surface area contributed by atoms with Crippen LogP contribution in [0.15, 0.2) is 84.9 Å². The van der Waals surface area contributed by atoms with Crippen LogP contribution in [0.1, 0.15) is 35.0 Å². The number of carbonyl (C=O) groups is 1. The molecule has 30 heavy (non-hydrogen) atoms. The van der Waals surface area contributed by atoms with E-state index in [-0.39, 0.29) is 11.9 Å². The molecule has 1 atom stereocenters. The lowest BCUT2D eigenvalue weighted by atomic mass is 9.98. The summed E-state index contributed by atoms with van der Waals surface area (Å²) in [5, 5.41) is 4.06. The maximum absolute atomic E-state index is 13.1. The van der Waals surface area contributed by atoms with Crippen LogP contribution in [0.4, 0.5) is 0 Å². The normalized spacial score (nSPS) is 11.9. The number of benzene rings is 3. The minimum absolute atomic E-state index is 0.0451. The summed E-state index contributed by atoms with van der Waals surface area (Å²) in [5.74, 6) is -0.0451. The summed E-state index contributed by atoms with van der Waals surface area (Å²) in [6.07, 6.45) is 1.84. The largest absolute Gasteiger partial charge is 0.350 e. The summed E-state index contributed by atoms with van der Waals surface area (Å²) in [7, 11) is 0. The molecule has 0 aliphatic carbocycles. The van der Waals surface area contributed by atoms with Crippen molar-refractivity contribution in [3.05, 3.63) is 102 Å². The van der Waals surface area contributed by atoms with Gasteiger partial charge in [-0.15, -0.1) is 0 Å². The predicted octanol–water partition coefficient (Wildman–Crippen LogP) is 5.96. The fourth-order valence-corrected chi connectivity index (χ4v) is 3.82. The second-order valence-electron chi connectivity index (χ2n) is 7.78. The highest BCUT2D eigenvalue weighted by atomic mass is 16.1. The van der Waals surface area contributed by atoms with Gasteiger partial charge < -0.3 is 5.32 Å². The van der Waals surface area contributed by atoms with Gasteiger partial charge in [0, 0.05) is 22.7 Å². The second kappa shape index (κ2) is 8.91. The van der Waals surface area contributed by atoms with Crippen molar-refractivity contribution in [2.24, 2.45) is 0 Å². The minimum Gasteiger partial charge on any atom is -0.350 e. The van der Waals surface area contributed by atoms with Gasteiger partial charge >= 0.3 is 0 Å². The highest BCUT2D eigenvalue weighted by Crippen LogP contribution is 2.29. The van der Waals surface area contributed by atoms with Crippen LogP contribution in [0.5, 0.6) is 0 Å². The topological polar surface area (TPSA) is 42.0 Å². The first-order valence-electron chi connectivity index (χ1n) is 10.4. The summed E-state index contributed by atoms with van der Waals surface area (Å²) in [4.78, 5) is 17.9. The number of nitrogens with one attached hydrogen (secondary N) is 1. The van der Waals surface area contributed by atoms with Gasteiger partial charge in [-0.1, -0.05) is 78.9 Å². The monoisotopic (exact) mass is 394 g/mol. The molecule has 1 unspecified atom stereocenters. The van der Waals surface area contributed by atoms with Gasteiger partial charge in [-0.2, -0.15) is 0 Å². The van der Waals surface area contributed by atoms with E-state index >= 15 is 0 Å². The molecule has 3 aromatic carbocycles. The number of hydrogen-bond donors (Lipinski definition) is 1. The molecule has 1 aromatic heterocycles. The molecule has 0 fully saturated rings. The van der Waals surface area contributed by atoms with Crippen molar-refractivity contribution in [1.29, 1.82) is 0 Å². The Morgan fingerprint density at radius 2 is 1.63 bits per heavy atom. The molecule has 4 aromatic rings. The second-order valence-corrected chi connectivity index (χ2v) is 7.78. The highest BCUT2D eigenvalue weighted by molar-refractivity contribution is 6.09. The number of aromatic nitrogens is 1. The molecule has 0 saturated heterocycles. The van der Waals surface area contributed by atoms with Gasteiger partial charge in [0.15, 0.2) is 0 Å². The number of para-hydroxylation sites is 1. The Balaban J connectivity index is 1.60. The van der Waals surface area contributed by atoms with Crippen molar-refractivity contribution in [2.45, 2.75) is 32.7 Å². The van der Waals surface area contributed by atoms with E-state index in [0.717, 1.165) is 40.6 Å². The lowest BCUT2D eigenvalue weighted by molar-refractivity contribution is 0.0940. The summed E-state index contributed by atoms with van der Waals surface area (Å²) < 4.78 is 0. The van der Waals surface area contributed by atoms with Gasteiger partial charge in [-0.25, -0.2) is 0 Å².